The molecule has 0 aliphatic heterocycles. The fourth-order valence-electron chi connectivity index (χ4n) is 4.25. The number of nitrogens with zero attached hydrogens (tertiary/aromatic N) is 1. The average Bonchev–Trinajstić information content (AvgIpc) is 2.80. The molecule has 2 aromatic carbocycles. The molecular weight excluding hydrogens is 454 g/mol. The van der Waals surface area contributed by atoms with E-state index in [1.807, 2.05) is 0 Å². The quantitative estimate of drug-likeness (QED) is 0.449. The Morgan fingerprint density at radius 1 is 0.706 bits per heavy atom. The van der Waals surface area contributed by atoms with E-state index in [1.165, 1.54) is 80.6 Å². The van der Waals surface area contributed by atoms with Crippen LogP contribution in [0.5, 0.6) is 0 Å². The van der Waals surface area contributed by atoms with Gasteiger partial charge in [-0.25, -0.2) is 13.2 Å². The molecule has 0 aliphatic carbocycles. The number of sulfone groups is 1. The normalized spacial score (nSPS) is 11.4. The van der Waals surface area contributed by atoms with Gasteiger partial charge in [0.05, 0.1) is 47.5 Å². The highest BCUT2D eigenvalue weighted by molar-refractivity contribution is 7.91. The third kappa shape index (κ3) is 8.25. The Hall–Kier alpha value is -2.71. The molecule has 0 amide bonds. The van der Waals surface area contributed by atoms with Gasteiger partial charge in [0.2, 0.25) is 9.84 Å². The molecule has 0 atom stereocenters. The SMILES string of the molecule is CCC[N+](CCC)(CCC)CCC.O=C([O-])c1ccc(S(=O)(=O)c2ccc(C(=O)O)cc2)cc1. The molecule has 2 aromatic rings. The van der Waals surface area contributed by atoms with E-state index < -0.39 is 21.8 Å². The zero-order valence-electron chi connectivity index (χ0n) is 20.6. The molecule has 188 valence electrons. The van der Waals surface area contributed by atoms with Gasteiger partial charge < -0.3 is 19.5 Å². The molecule has 0 bridgehead atoms. The second kappa shape index (κ2) is 13.9. The fraction of sp³-hybridized carbons (Fsp3) is 0.462. The maximum absolute atomic E-state index is 12.3. The summed E-state index contributed by atoms with van der Waals surface area (Å²) in [7, 11) is -3.83. The van der Waals surface area contributed by atoms with Gasteiger partial charge in [-0.3, -0.25) is 0 Å². The Bertz CT molecular complexity index is 921. The number of carboxylic acids is 2. The summed E-state index contributed by atoms with van der Waals surface area (Å²) in [6.45, 7) is 14.8. The Kier molecular flexibility index (Phi) is 12.0. The lowest BCUT2D eigenvalue weighted by Gasteiger charge is -2.38. The molecular formula is C26H37NO6S. The second-order valence-corrected chi connectivity index (χ2v) is 10.3. The predicted octanol–water partition coefficient (Wildman–Crippen LogP) is 4.02. The molecule has 0 saturated heterocycles. The molecule has 7 nitrogen and oxygen atoms in total. The van der Waals surface area contributed by atoms with Crippen molar-refractivity contribution in [2.24, 2.45) is 0 Å². The van der Waals surface area contributed by atoms with E-state index in [1.54, 1.807) is 0 Å². The van der Waals surface area contributed by atoms with E-state index in [4.69, 9.17) is 5.11 Å². The van der Waals surface area contributed by atoms with Crippen molar-refractivity contribution in [3.63, 3.8) is 0 Å². The number of aromatic carboxylic acids is 2. The van der Waals surface area contributed by atoms with Gasteiger partial charge in [-0.1, -0.05) is 39.8 Å². The van der Waals surface area contributed by atoms with E-state index in [2.05, 4.69) is 27.7 Å². The zero-order valence-corrected chi connectivity index (χ0v) is 21.4. The van der Waals surface area contributed by atoms with E-state index in [0.717, 1.165) is 24.3 Å². The molecule has 0 radical (unpaired) electrons. The number of rotatable bonds is 12. The summed E-state index contributed by atoms with van der Waals surface area (Å²) in [5.74, 6) is -2.55. The summed E-state index contributed by atoms with van der Waals surface area (Å²) < 4.78 is 25.9. The van der Waals surface area contributed by atoms with Crippen LogP contribution in [0.25, 0.3) is 0 Å². The number of carbonyl (C=O) groups excluding carboxylic acids is 1. The molecule has 1 N–H and O–H groups in total. The Morgan fingerprint density at radius 2 is 1.03 bits per heavy atom. The van der Waals surface area contributed by atoms with Crippen LogP contribution in [0.1, 0.15) is 74.1 Å². The molecule has 8 heteroatoms. The number of hydrogen-bond donors (Lipinski definition) is 1. The first-order valence-corrected chi connectivity index (χ1v) is 13.3. The predicted molar refractivity (Wildman–Crippen MR) is 131 cm³/mol. The summed E-state index contributed by atoms with van der Waals surface area (Å²) >= 11 is 0. The first-order valence-electron chi connectivity index (χ1n) is 11.8. The molecule has 0 aromatic heterocycles. The number of quaternary nitrogens is 1. The lowest BCUT2D eigenvalue weighted by atomic mass is 10.2. The Labute approximate surface area is 203 Å². The summed E-state index contributed by atoms with van der Waals surface area (Å²) in [6.07, 6.45) is 5.33. The van der Waals surface area contributed by atoms with Gasteiger partial charge in [0.15, 0.2) is 0 Å². The van der Waals surface area contributed by atoms with Gasteiger partial charge in [0, 0.05) is 0 Å². The molecule has 34 heavy (non-hydrogen) atoms. The molecule has 0 fully saturated rings. The first-order chi connectivity index (χ1) is 16.1. The molecule has 0 heterocycles. The van der Waals surface area contributed by atoms with Crippen LogP contribution in [0.4, 0.5) is 0 Å². The highest BCUT2D eigenvalue weighted by Crippen LogP contribution is 2.21. The van der Waals surface area contributed by atoms with E-state index in [-0.39, 0.29) is 20.9 Å². The van der Waals surface area contributed by atoms with Crippen molar-refractivity contribution in [2.75, 3.05) is 26.2 Å². The van der Waals surface area contributed by atoms with Crippen LogP contribution in [0.2, 0.25) is 0 Å². The van der Waals surface area contributed by atoms with E-state index >= 15 is 0 Å². The van der Waals surface area contributed by atoms with Gasteiger partial charge in [-0.15, -0.1) is 0 Å². The summed E-state index contributed by atoms with van der Waals surface area (Å²) in [4.78, 5) is 21.2. The molecule has 0 unspecified atom stereocenters. The number of carbonyl (C=O) groups is 2. The molecule has 0 spiro atoms. The molecule has 0 saturated carbocycles. The summed E-state index contributed by atoms with van der Waals surface area (Å²) in [5, 5.41) is 19.4. The maximum atomic E-state index is 12.3. The van der Waals surface area contributed by atoms with Crippen molar-refractivity contribution in [3.8, 4) is 0 Å². The fourth-order valence-corrected chi connectivity index (χ4v) is 5.51. The molecule has 0 aliphatic rings. The summed E-state index contributed by atoms with van der Waals surface area (Å²) in [5.41, 5.74) is -0.156. The first kappa shape index (κ1) is 29.3. The van der Waals surface area contributed by atoms with Gasteiger partial charge in [-0.2, -0.15) is 0 Å². The van der Waals surface area contributed by atoms with Crippen LogP contribution in [-0.2, 0) is 9.84 Å². The minimum atomic E-state index is -3.83. The number of benzene rings is 2. The van der Waals surface area contributed by atoms with Crippen molar-refractivity contribution >= 4 is 21.8 Å². The van der Waals surface area contributed by atoms with Crippen molar-refractivity contribution < 1.29 is 32.7 Å². The third-order valence-corrected chi connectivity index (χ3v) is 7.39. The number of hydrogen-bond acceptors (Lipinski definition) is 5. The van der Waals surface area contributed by atoms with Crippen molar-refractivity contribution in [1.82, 2.24) is 0 Å². The van der Waals surface area contributed by atoms with Crippen LogP contribution in [-0.4, -0.2) is 56.1 Å². The van der Waals surface area contributed by atoms with E-state index in [9.17, 15) is 23.1 Å². The minimum absolute atomic E-state index is 0.0266. The minimum Gasteiger partial charge on any atom is -0.545 e. The molecule has 2 rings (SSSR count). The number of carboxylic acid groups (broad SMARTS) is 2. The van der Waals surface area contributed by atoms with Crippen LogP contribution < -0.4 is 5.11 Å². The van der Waals surface area contributed by atoms with E-state index in [0.29, 0.717) is 0 Å². The van der Waals surface area contributed by atoms with Crippen molar-refractivity contribution in [1.29, 1.82) is 0 Å². The highest BCUT2D eigenvalue weighted by atomic mass is 32.2. The van der Waals surface area contributed by atoms with Crippen LogP contribution >= 0.6 is 0 Å². The Morgan fingerprint density at radius 3 is 1.29 bits per heavy atom. The van der Waals surface area contributed by atoms with Crippen molar-refractivity contribution in [2.45, 2.75) is 63.2 Å². The van der Waals surface area contributed by atoms with Gasteiger partial charge in [0.1, 0.15) is 0 Å². The monoisotopic (exact) mass is 491 g/mol. The third-order valence-electron chi connectivity index (χ3n) is 5.60. The van der Waals surface area contributed by atoms with Gasteiger partial charge in [-0.05, 0) is 67.6 Å². The van der Waals surface area contributed by atoms with Gasteiger partial charge >= 0.3 is 5.97 Å². The lowest BCUT2D eigenvalue weighted by Crippen LogP contribution is -2.50. The highest BCUT2D eigenvalue weighted by Gasteiger charge is 2.22. The second-order valence-electron chi connectivity index (χ2n) is 8.38. The van der Waals surface area contributed by atoms with Crippen LogP contribution in [0.15, 0.2) is 58.3 Å². The van der Waals surface area contributed by atoms with Crippen LogP contribution in [0.3, 0.4) is 0 Å². The smallest absolute Gasteiger partial charge is 0.335 e. The zero-order chi connectivity index (χ0) is 25.8. The van der Waals surface area contributed by atoms with Crippen LogP contribution in [0, 0.1) is 0 Å². The standard InChI is InChI=1S/C14H10O6S.C12H28N/c15-13(16)9-1-5-11(6-2-9)21(19,20)12-7-3-10(4-8-12)14(17)18;1-5-9-13(10-6-2,11-7-3)12-8-4/h1-8H,(H,15,16)(H,17,18);5-12H2,1-4H3/q;+1/p-1. The topological polar surface area (TPSA) is 112 Å². The average molecular weight is 492 g/mol. The van der Waals surface area contributed by atoms with Crippen molar-refractivity contribution in [3.05, 3.63) is 59.7 Å². The Balaban J connectivity index is 0.000000385. The lowest BCUT2D eigenvalue weighted by molar-refractivity contribution is -0.928. The van der Waals surface area contributed by atoms with Gasteiger partial charge in [0.25, 0.3) is 0 Å². The largest absolute Gasteiger partial charge is 0.545 e. The summed E-state index contributed by atoms with van der Waals surface area (Å²) in [6, 6.07) is 9.32. The maximum Gasteiger partial charge on any atom is 0.335 e.